The van der Waals surface area contributed by atoms with E-state index in [-0.39, 0.29) is 35.6 Å². The van der Waals surface area contributed by atoms with Crippen molar-refractivity contribution >= 4 is 22.8 Å². The summed E-state index contributed by atoms with van der Waals surface area (Å²) < 4.78 is 7.06. The van der Waals surface area contributed by atoms with Crippen LogP contribution in [0.2, 0.25) is 0 Å². The first-order valence-corrected chi connectivity index (χ1v) is 8.73. The lowest BCUT2D eigenvalue weighted by Crippen LogP contribution is -2.39. The minimum absolute atomic E-state index is 0.0218. The Kier molecular flexibility index (Phi) is 7.01. The van der Waals surface area contributed by atoms with Crippen LogP contribution in [0.25, 0.3) is 0 Å². The van der Waals surface area contributed by atoms with Crippen LogP contribution in [0.5, 0.6) is 0 Å². The summed E-state index contributed by atoms with van der Waals surface area (Å²) in [6.07, 6.45) is 6.46. The van der Waals surface area contributed by atoms with Crippen LogP contribution < -0.4 is 5.32 Å². The number of aromatic nitrogens is 2. The monoisotopic (exact) mass is 353 g/mol. The lowest BCUT2D eigenvalue weighted by atomic mass is 9.97. The normalized spacial score (nSPS) is 23.2. The Hall–Kier alpha value is -1.64. The maximum atomic E-state index is 12.2. The zero-order chi connectivity index (χ0) is 17.5. The van der Waals surface area contributed by atoms with E-state index >= 15 is 0 Å². The van der Waals surface area contributed by atoms with Gasteiger partial charge in [-0.1, -0.05) is 24.4 Å². The van der Waals surface area contributed by atoms with Gasteiger partial charge in [0.15, 0.2) is 5.12 Å². The molecule has 2 heterocycles. The molecule has 7 nitrogen and oxygen atoms in total. The number of nitrogens with one attached hydrogen (secondary N) is 1. The first kappa shape index (κ1) is 18.7. The van der Waals surface area contributed by atoms with E-state index in [1.807, 2.05) is 4.57 Å². The number of aliphatic hydroxyl groups excluding tert-OH is 1. The third kappa shape index (κ3) is 5.19. The summed E-state index contributed by atoms with van der Waals surface area (Å²) in [7, 11) is 0. The third-order valence-corrected chi connectivity index (χ3v) is 4.81. The molecule has 1 saturated heterocycles. The molecule has 0 bridgehead atoms. The number of hydrogen-bond donors (Lipinski definition) is 2. The lowest BCUT2D eigenvalue weighted by Gasteiger charge is -2.17. The standard InChI is InChI=1S/C16H23N3O4S/c1-3-6-23-16(22)15-12(7-14(18-15)24-11(2)21)4-5-19-8-13(9-20)17-10-19/h3,8,10,12,14-15,18,20H,1,4-7,9H2,2H3. The molecule has 0 saturated carbocycles. The number of rotatable bonds is 8. The Morgan fingerprint density at radius 2 is 2.42 bits per heavy atom. The Labute approximate surface area is 145 Å². The average Bonchev–Trinajstić information content (AvgIpc) is 3.16. The second-order valence-corrected chi connectivity index (χ2v) is 7.09. The molecule has 1 aromatic heterocycles. The number of imidazole rings is 1. The molecule has 0 aliphatic carbocycles. The summed E-state index contributed by atoms with van der Waals surface area (Å²) in [4.78, 5) is 27.6. The molecule has 2 rings (SSSR count). The van der Waals surface area contributed by atoms with Crippen LogP contribution in [-0.4, -0.2) is 43.8 Å². The van der Waals surface area contributed by atoms with Crippen LogP contribution in [0.1, 0.15) is 25.5 Å². The summed E-state index contributed by atoms with van der Waals surface area (Å²) in [5.41, 5.74) is 0.617. The minimum Gasteiger partial charge on any atom is -0.460 e. The zero-order valence-electron chi connectivity index (χ0n) is 13.7. The molecule has 2 N–H and O–H groups in total. The second-order valence-electron chi connectivity index (χ2n) is 5.71. The number of nitrogens with zero attached hydrogens (tertiary/aromatic N) is 2. The van der Waals surface area contributed by atoms with Crippen LogP contribution in [0.15, 0.2) is 25.2 Å². The van der Waals surface area contributed by atoms with E-state index in [4.69, 9.17) is 9.84 Å². The van der Waals surface area contributed by atoms with Gasteiger partial charge in [-0.15, -0.1) is 0 Å². The Morgan fingerprint density at radius 1 is 1.62 bits per heavy atom. The predicted octanol–water partition coefficient (Wildman–Crippen LogP) is 1.08. The molecule has 1 aliphatic heterocycles. The van der Waals surface area contributed by atoms with Crippen LogP contribution in [0, 0.1) is 5.92 Å². The van der Waals surface area contributed by atoms with Gasteiger partial charge in [0.1, 0.15) is 12.6 Å². The quantitative estimate of drug-likeness (QED) is 0.533. The van der Waals surface area contributed by atoms with Crippen molar-refractivity contribution in [1.82, 2.24) is 14.9 Å². The van der Waals surface area contributed by atoms with Crippen molar-refractivity contribution in [2.75, 3.05) is 6.61 Å². The van der Waals surface area contributed by atoms with Crippen LogP contribution in [0.4, 0.5) is 0 Å². The summed E-state index contributed by atoms with van der Waals surface area (Å²) in [6, 6.07) is -0.428. The molecule has 3 unspecified atom stereocenters. The zero-order valence-corrected chi connectivity index (χ0v) is 14.5. The van der Waals surface area contributed by atoms with E-state index in [9.17, 15) is 9.59 Å². The molecular weight excluding hydrogens is 330 g/mol. The number of aryl methyl sites for hydroxylation is 1. The average molecular weight is 353 g/mol. The van der Waals surface area contributed by atoms with E-state index in [1.54, 1.807) is 12.5 Å². The summed E-state index contributed by atoms with van der Waals surface area (Å²) in [5.74, 6) is -0.243. The van der Waals surface area contributed by atoms with E-state index < -0.39 is 6.04 Å². The number of carbonyl (C=O) groups is 2. The Morgan fingerprint density at radius 3 is 3.04 bits per heavy atom. The van der Waals surface area contributed by atoms with Gasteiger partial charge in [0, 0.05) is 19.7 Å². The van der Waals surface area contributed by atoms with Gasteiger partial charge in [-0.25, -0.2) is 4.98 Å². The van der Waals surface area contributed by atoms with Gasteiger partial charge in [0.25, 0.3) is 0 Å². The third-order valence-electron chi connectivity index (χ3n) is 3.87. The smallest absolute Gasteiger partial charge is 0.323 e. The first-order valence-electron chi connectivity index (χ1n) is 7.85. The number of ether oxygens (including phenoxy) is 1. The molecule has 1 fully saturated rings. The molecule has 1 aliphatic rings. The number of aliphatic hydroxyl groups is 1. The minimum atomic E-state index is -0.428. The van der Waals surface area contributed by atoms with Gasteiger partial charge in [-0.2, -0.15) is 0 Å². The fourth-order valence-corrected chi connectivity index (χ4v) is 3.76. The first-order chi connectivity index (χ1) is 11.5. The molecule has 3 atom stereocenters. The summed E-state index contributed by atoms with van der Waals surface area (Å²) in [6.45, 7) is 5.83. The van der Waals surface area contributed by atoms with Gasteiger partial charge in [-0.05, 0) is 18.8 Å². The summed E-state index contributed by atoms with van der Waals surface area (Å²) in [5, 5.41) is 12.2. The highest BCUT2D eigenvalue weighted by molar-refractivity contribution is 8.14. The molecule has 0 amide bonds. The van der Waals surface area contributed by atoms with Crippen molar-refractivity contribution in [3.63, 3.8) is 0 Å². The molecule has 8 heteroatoms. The topological polar surface area (TPSA) is 93.5 Å². The predicted molar refractivity (Wildman–Crippen MR) is 91.0 cm³/mol. The SMILES string of the molecule is C=CCOC(=O)C1NC(SC(C)=O)CC1CCn1cnc(CO)c1. The molecule has 1 aromatic rings. The van der Waals surface area contributed by atoms with Crippen LogP contribution in [0.3, 0.4) is 0 Å². The molecule has 24 heavy (non-hydrogen) atoms. The van der Waals surface area contributed by atoms with Gasteiger partial charge in [-0.3, -0.25) is 14.9 Å². The fourth-order valence-electron chi connectivity index (χ4n) is 2.80. The molecule has 0 radical (unpaired) electrons. The maximum absolute atomic E-state index is 12.2. The second kappa shape index (κ2) is 9.00. The largest absolute Gasteiger partial charge is 0.460 e. The highest BCUT2D eigenvalue weighted by Crippen LogP contribution is 2.31. The number of carbonyl (C=O) groups excluding carboxylic acids is 2. The van der Waals surface area contributed by atoms with Crippen molar-refractivity contribution in [1.29, 1.82) is 0 Å². The molecule has 0 spiro atoms. The van der Waals surface area contributed by atoms with Crippen LogP contribution >= 0.6 is 11.8 Å². The lowest BCUT2D eigenvalue weighted by molar-refractivity contribution is -0.145. The van der Waals surface area contributed by atoms with Crippen molar-refractivity contribution < 1.29 is 19.4 Å². The van der Waals surface area contributed by atoms with Gasteiger partial charge in [0.05, 0.1) is 24.0 Å². The van der Waals surface area contributed by atoms with E-state index in [2.05, 4.69) is 16.9 Å². The number of thioether (sulfide) groups is 1. The number of hydrogen-bond acceptors (Lipinski definition) is 7. The van der Waals surface area contributed by atoms with Gasteiger partial charge >= 0.3 is 5.97 Å². The van der Waals surface area contributed by atoms with Crippen molar-refractivity contribution in [3.8, 4) is 0 Å². The Balaban J connectivity index is 1.97. The molecule has 132 valence electrons. The molecule has 0 aromatic carbocycles. The Bertz CT molecular complexity index is 590. The van der Waals surface area contributed by atoms with Crippen LogP contribution in [-0.2, 0) is 27.5 Å². The maximum Gasteiger partial charge on any atom is 0.323 e. The van der Waals surface area contributed by atoms with E-state index in [0.29, 0.717) is 12.2 Å². The van der Waals surface area contributed by atoms with Crippen molar-refractivity contribution in [2.24, 2.45) is 5.92 Å². The van der Waals surface area contributed by atoms with Crippen molar-refractivity contribution in [2.45, 2.75) is 44.3 Å². The fraction of sp³-hybridized carbons (Fsp3) is 0.562. The van der Waals surface area contributed by atoms with Gasteiger partial charge in [0.2, 0.25) is 0 Å². The number of esters is 1. The summed E-state index contributed by atoms with van der Waals surface area (Å²) >= 11 is 1.21. The van der Waals surface area contributed by atoms with E-state index in [0.717, 1.165) is 12.8 Å². The highest BCUT2D eigenvalue weighted by Gasteiger charge is 2.39. The van der Waals surface area contributed by atoms with Crippen molar-refractivity contribution in [3.05, 3.63) is 30.9 Å². The highest BCUT2D eigenvalue weighted by atomic mass is 32.2. The van der Waals surface area contributed by atoms with E-state index in [1.165, 1.54) is 24.8 Å². The van der Waals surface area contributed by atoms with Gasteiger partial charge < -0.3 is 14.4 Å². The molecular formula is C16H23N3O4S.